The van der Waals surface area contributed by atoms with Gasteiger partial charge in [0.15, 0.2) is 11.5 Å². The monoisotopic (exact) mass is 367 g/mol. The Morgan fingerprint density at radius 2 is 1.70 bits per heavy atom. The first-order chi connectivity index (χ1) is 13.0. The average molecular weight is 367 g/mol. The summed E-state index contributed by atoms with van der Waals surface area (Å²) in [5.41, 5.74) is 1.40. The minimum absolute atomic E-state index is 0.0103. The molecule has 0 aliphatic heterocycles. The summed E-state index contributed by atoms with van der Waals surface area (Å²) >= 11 is 0. The van der Waals surface area contributed by atoms with Gasteiger partial charge >= 0.3 is 0 Å². The van der Waals surface area contributed by atoms with E-state index in [2.05, 4.69) is 5.32 Å². The third-order valence-electron chi connectivity index (χ3n) is 3.89. The lowest BCUT2D eigenvalue weighted by molar-refractivity contribution is 0.0918. The SMILES string of the molecule is CC(=O)c1ccc(OCc2ccc(C(=O)NCc3ccc(F)cc3)o2)cc1. The quantitative estimate of drug-likeness (QED) is 0.638. The van der Waals surface area contributed by atoms with Crippen molar-refractivity contribution in [3.63, 3.8) is 0 Å². The molecule has 0 saturated heterocycles. The third-order valence-corrected chi connectivity index (χ3v) is 3.89. The molecular weight excluding hydrogens is 349 g/mol. The number of ether oxygens (including phenoxy) is 1. The Balaban J connectivity index is 1.52. The van der Waals surface area contributed by atoms with Gasteiger partial charge in [-0.1, -0.05) is 12.1 Å². The van der Waals surface area contributed by atoms with Crippen LogP contribution in [0.3, 0.4) is 0 Å². The molecule has 0 fully saturated rings. The number of carbonyl (C=O) groups excluding carboxylic acids is 2. The molecule has 27 heavy (non-hydrogen) atoms. The fraction of sp³-hybridized carbons (Fsp3) is 0.143. The zero-order valence-electron chi connectivity index (χ0n) is 14.7. The molecule has 3 rings (SSSR count). The van der Waals surface area contributed by atoms with Gasteiger partial charge in [-0.3, -0.25) is 9.59 Å². The first-order valence-electron chi connectivity index (χ1n) is 8.36. The number of hydrogen-bond acceptors (Lipinski definition) is 4. The number of Topliss-reactive ketones (excluding diaryl/α,β-unsaturated/α-hetero) is 1. The van der Waals surface area contributed by atoms with Crippen molar-refractivity contribution in [2.45, 2.75) is 20.1 Å². The molecule has 0 saturated carbocycles. The number of carbonyl (C=O) groups is 2. The number of ketones is 1. The zero-order valence-corrected chi connectivity index (χ0v) is 14.7. The van der Waals surface area contributed by atoms with Gasteiger partial charge in [0.1, 0.15) is 23.9 Å². The van der Waals surface area contributed by atoms with Crippen LogP contribution in [0.1, 0.15) is 39.2 Å². The van der Waals surface area contributed by atoms with Gasteiger partial charge in [-0.25, -0.2) is 4.39 Å². The molecule has 3 aromatic rings. The van der Waals surface area contributed by atoms with E-state index in [0.29, 0.717) is 17.1 Å². The average Bonchev–Trinajstić information content (AvgIpc) is 3.15. The summed E-state index contributed by atoms with van der Waals surface area (Å²) in [7, 11) is 0. The van der Waals surface area contributed by atoms with Crippen LogP contribution in [-0.2, 0) is 13.2 Å². The number of furan rings is 1. The molecule has 0 unspecified atom stereocenters. The maximum absolute atomic E-state index is 12.9. The van der Waals surface area contributed by atoms with Crippen LogP contribution in [0, 0.1) is 5.82 Å². The van der Waals surface area contributed by atoms with Crippen LogP contribution in [0.5, 0.6) is 5.75 Å². The van der Waals surface area contributed by atoms with E-state index >= 15 is 0 Å². The van der Waals surface area contributed by atoms with E-state index in [-0.39, 0.29) is 36.4 Å². The molecule has 0 atom stereocenters. The highest BCUT2D eigenvalue weighted by Crippen LogP contribution is 2.16. The van der Waals surface area contributed by atoms with E-state index in [1.165, 1.54) is 19.1 Å². The van der Waals surface area contributed by atoms with Gasteiger partial charge in [0.2, 0.25) is 0 Å². The summed E-state index contributed by atoms with van der Waals surface area (Å²) in [5, 5.41) is 2.71. The van der Waals surface area contributed by atoms with E-state index in [1.807, 2.05) is 0 Å². The summed E-state index contributed by atoms with van der Waals surface area (Å²) in [4.78, 5) is 23.4. The second kappa shape index (κ2) is 8.31. The molecule has 5 nitrogen and oxygen atoms in total. The Labute approximate surface area is 155 Å². The fourth-order valence-electron chi connectivity index (χ4n) is 2.39. The van der Waals surface area contributed by atoms with Gasteiger partial charge in [-0.15, -0.1) is 0 Å². The van der Waals surface area contributed by atoms with Crippen LogP contribution in [0.4, 0.5) is 4.39 Å². The smallest absolute Gasteiger partial charge is 0.287 e. The summed E-state index contributed by atoms with van der Waals surface area (Å²) in [6.07, 6.45) is 0. The van der Waals surface area contributed by atoms with Crippen LogP contribution in [0.25, 0.3) is 0 Å². The van der Waals surface area contributed by atoms with Crippen LogP contribution >= 0.6 is 0 Å². The van der Waals surface area contributed by atoms with Crippen molar-refractivity contribution in [3.8, 4) is 5.75 Å². The maximum atomic E-state index is 12.9. The molecule has 1 aromatic heterocycles. The summed E-state index contributed by atoms with van der Waals surface area (Å²) < 4.78 is 23.9. The highest BCUT2D eigenvalue weighted by molar-refractivity contribution is 5.94. The number of hydrogen-bond donors (Lipinski definition) is 1. The predicted molar refractivity (Wildman–Crippen MR) is 97.1 cm³/mol. The van der Waals surface area contributed by atoms with E-state index in [9.17, 15) is 14.0 Å². The minimum atomic E-state index is -0.364. The second-order valence-electron chi connectivity index (χ2n) is 5.94. The van der Waals surface area contributed by atoms with Crippen molar-refractivity contribution in [1.29, 1.82) is 0 Å². The first kappa shape index (κ1) is 18.4. The van der Waals surface area contributed by atoms with Gasteiger partial charge in [0.05, 0.1) is 0 Å². The molecule has 138 valence electrons. The lowest BCUT2D eigenvalue weighted by Gasteiger charge is -2.05. The highest BCUT2D eigenvalue weighted by atomic mass is 19.1. The summed E-state index contributed by atoms with van der Waals surface area (Å²) in [5.74, 6) is 0.566. The third kappa shape index (κ3) is 5.04. The van der Waals surface area contributed by atoms with Crippen molar-refractivity contribution >= 4 is 11.7 Å². The molecule has 6 heteroatoms. The van der Waals surface area contributed by atoms with Crippen molar-refractivity contribution in [1.82, 2.24) is 5.32 Å². The number of rotatable bonds is 7. The van der Waals surface area contributed by atoms with Crippen molar-refractivity contribution in [3.05, 3.63) is 89.1 Å². The van der Waals surface area contributed by atoms with Crippen LogP contribution in [-0.4, -0.2) is 11.7 Å². The Morgan fingerprint density at radius 1 is 1.00 bits per heavy atom. The van der Waals surface area contributed by atoms with E-state index in [4.69, 9.17) is 9.15 Å². The largest absolute Gasteiger partial charge is 0.486 e. The van der Waals surface area contributed by atoms with E-state index in [0.717, 1.165) is 5.56 Å². The van der Waals surface area contributed by atoms with Gasteiger partial charge in [0.25, 0.3) is 5.91 Å². The predicted octanol–water partition coefficient (Wildman–Crippen LogP) is 4.13. The molecule has 1 N–H and O–H groups in total. The standard InChI is InChI=1S/C21H18FNO4/c1-14(24)16-4-8-18(9-5-16)26-13-19-10-11-20(27-19)21(25)23-12-15-2-6-17(22)7-3-15/h2-11H,12-13H2,1H3,(H,23,25). The number of amides is 1. The van der Waals surface area contributed by atoms with E-state index in [1.54, 1.807) is 48.5 Å². The molecular formula is C21H18FNO4. The Morgan fingerprint density at radius 3 is 2.37 bits per heavy atom. The topological polar surface area (TPSA) is 68.5 Å². The van der Waals surface area contributed by atoms with Crippen LogP contribution in [0.15, 0.2) is 65.1 Å². The summed E-state index contributed by atoms with van der Waals surface area (Å²) in [6.45, 7) is 1.93. The van der Waals surface area contributed by atoms with Crippen molar-refractivity contribution < 1.29 is 23.1 Å². The van der Waals surface area contributed by atoms with Gasteiger partial charge in [-0.2, -0.15) is 0 Å². The van der Waals surface area contributed by atoms with Crippen molar-refractivity contribution in [2.75, 3.05) is 0 Å². The molecule has 0 radical (unpaired) electrons. The molecule has 2 aromatic carbocycles. The van der Waals surface area contributed by atoms with Gasteiger partial charge < -0.3 is 14.5 Å². The van der Waals surface area contributed by atoms with Crippen LogP contribution < -0.4 is 10.1 Å². The lowest BCUT2D eigenvalue weighted by atomic mass is 10.1. The Bertz CT molecular complexity index is 930. The maximum Gasteiger partial charge on any atom is 0.287 e. The fourth-order valence-corrected chi connectivity index (χ4v) is 2.39. The number of benzene rings is 2. The van der Waals surface area contributed by atoms with Crippen molar-refractivity contribution in [2.24, 2.45) is 0 Å². The number of halogens is 1. The molecule has 0 bridgehead atoms. The Hall–Kier alpha value is -3.41. The minimum Gasteiger partial charge on any atom is -0.486 e. The number of nitrogens with one attached hydrogen (secondary N) is 1. The summed E-state index contributed by atoms with van der Waals surface area (Å²) in [6, 6.07) is 15.9. The first-order valence-corrected chi connectivity index (χ1v) is 8.36. The van der Waals surface area contributed by atoms with Gasteiger partial charge in [-0.05, 0) is 61.0 Å². The second-order valence-corrected chi connectivity index (χ2v) is 5.94. The Kier molecular flexibility index (Phi) is 5.66. The van der Waals surface area contributed by atoms with E-state index < -0.39 is 0 Å². The molecule has 1 heterocycles. The van der Waals surface area contributed by atoms with Crippen LogP contribution in [0.2, 0.25) is 0 Å². The zero-order chi connectivity index (χ0) is 19.2. The van der Waals surface area contributed by atoms with Gasteiger partial charge in [0, 0.05) is 12.1 Å². The normalized spacial score (nSPS) is 10.4. The lowest BCUT2D eigenvalue weighted by Crippen LogP contribution is -2.22. The molecule has 0 aliphatic rings. The molecule has 0 spiro atoms. The molecule has 1 amide bonds. The highest BCUT2D eigenvalue weighted by Gasteiger charge is 2.11. The molecule has 0 aliphatic carbocycles.